The molecule has 3 amide bonds. The van der Waals surface area contributed by atoms with Crippen LogP contribution in [0.1, 0.15) is 6.42 Å². The Kier molecular flexibility index (Phi) is 4.28. The van der Waals surface area contributed by atoms with Gasteiger partial charge in [0.25, 0.3) is 0 Å². The van der Waals surface area contributed by atoms with Crippen molar-refractivity contribution in [2.75, 3.05) is 7.05 Å². The van der Waals surface area contributed by atoms with Crippen molar-refractivity contribution in [3.63, 3.8) is 0 Å². The molecule has 0 heterocycles. The molecule has 0 spiro atoms. The molecule has 7 nitrogen and oxygen atoms in total. The zero-order valence-corrected chi connectivity index (χ0v) is 7.03. The maximum atomic E-state index is 10.7. The number of hydrogen-bond acceptors (Lipinski definition) is 3. The van der Waals surface area contributed by atoms with E-state index in [0.717, 1.165) is 0 Å². The first-order chi connectivity index (χ1) is 5.97. The summed E-state index contributed by atoms with van der Waals surface area (Å²) >= 11 is 0. The fraction of sp³-hybridized carbons (Fsp3) is 0.500. The lowest BCUT2D eigenvalue weighted by Gasteiger charge is -2.10. The van der Waals surface area contributed by atoms with Gasteiger partial charge in [-0.2, -0.15) is 0 Å². The van der Waals surface area contributed by atoms with Crippen LogP contribution in [0.5, 0.6) is 0 Å². The molecule has 13 heavy (non-hydrogen) atoms. The number of primary amides is 1. The summed E-state index contributed by atoms with van der Waals surface area (Å²) in [5, 5.41) is 12.7. The van der Waals surface area contributed by atoms with Crippen molar-refractivity contribution in [3.05, 3.63) is 0 Å². The summed E-state index contributed by atoms with van der Waals surface area (Å²) in [4.78, 5) is 31.5. The molecule has 0 aromatic heterocycles. The zero-order chi connectivity index (χ0) is 10.4. The van der Waals surface area contributed by atoms with E-state index in [1.807, 2.05) is 5.32 Å². The molecule has 1 unspecified atom stereocenters. The van der Waals surface area contributed by atoms with Crippen LogP contribution in [0.15, 0.2) is 0 Å². The molecule has 0 aromatic rings. The highest BCUT2D eigenvalue weighted by atomic mass is 16.4. The van der Waals surface area contributed by atoms with E-state index in [9.17, 15) is 14.4 Å². The normalized spacial score (nSPS) is 11.5. The van der Waals surface area contributed by atoms with E-state index in [0.29, 0.717) is 0 Å². The number of nitrogens with two attached hydrogens (primary N) is 1. The topological polar surface area (TPSA) is 122 Å². The van der Waals surface area contributed by atoms with E-state index < -0.39 is 23.9 Å². The smallest absolute Gasteiger partial charge is 0.326 e. The summed E-state index contributed by atoms with van der Waals surface area (Å²) in [6, 6.07) is -2.26. The summed E-state index contributed by atoms with van der Waals surface area (Å²) in [7, 11) is 1.37. The lowest BCUT2D eigenvalue weighted by Crippen LogP contribution is -2.45. The number of carbonyl (C=O) groups excluding carboxylic acids is 2. The number of nitrogens with one attached hydrogen (secondary N) is 2. The van der Waals surface area contributed by atoms with E-state index in [1.165, 1.54) is 7.05 Å². The quantitative estimate of drug-likeness (QED) is 0.418. The van der Waals surface area contributed by atoms with Crippen molar-refractivity contribution in [2.24, 2.45) is 5.73 Å². The van der Waals surface area contributed by atoms with Crippen LogP contribution in [0.25, 0.3) is 0 Å². The first kappa shape index (κ1) is 11.2. The molecule has 0 fully saturated rings. The van der Waals surface area contributed by atoms with E-state index in [4.69, 9.17) is 10.8 Å². The molecule has 0 aliphatic carbocycles. The third kappa shape index (κ3) is 4.62. The van der Waals surface area contributed by atoms with Crippen LogP contribution in [0, 0.1) is 0 Å². The summed E-state index contributed by atoms with van der Waals surface area (Å²) in [6.07, 6.45) is -0.339. The average Bonchev–Trinajstić information content (AvgIpc) is 2.02. The second-order valence-corrected chi connectivity index (χ2v) is 2.28. The van der Waals surface area contributed by atoms with Crippen molar-refractivity contribution in [2.45, 2.75) is 12.5 Å². The maximum Gasteiger partial charge on any atom is 0.326 e. The van der Waals surface area contributed by atoms with Gasteiger partial charge in [0.1, 0.15) is 6.04 Å². The number of carboxylic acids is 1. The van der Waals surface area contributed by atoms with Crippen LogP contribution in [-0.4, -0.2) is 36.1 Å². The summed E-state index contributed by atoms with van der Waals surface area (Å²) in [5.41, 5.74) is 4.70. The summed E-state index contributed by atoms with van der Waals surface area (Å²) < 4.78 is 0. The first-order valence-corrected chi connectivity index (χ1v) is 3.46. The van der Waals surface area contributed by atoms with Crippen LogP contribution in [0.3, 0.4) is 0 Å². The first-order valence-electron chi connectivity index (χ1n) is 3.46. The monoisotopic (exact) mass is 189 g/mol. The van der Waals surface area contributed by atoms with Gasteiger partial charge in [-0.25, -0.2) is 9.59 Å². The minimum Gasteiger partial charge on any atom is -0.480 e. The molecule has 0 radical (unpaired) electrons. The maximum absolute atomic E-state index is 10.7. The molecule has 0 bridgehead atoms. The van der Waals surface area contributed by atoms with E-state index in [-0.39, 0.29) is 6.42 Å². The fourth-order valence-electron chi connectivity index (χ4n) is 0.659. The lowest BCUT2D eigenvalue weighted by molar-refractivity contribution is -0.141. The number of urea groups is 1. The number of carboxylic acid groups (broad SMARTS) is 1. The second-order valence-electron chi connectivity index (χ2n) is 2.28. The van der Waals surface area contributed by atoms with Gasteiger partial charge in [0.2, 0.25) is 5.91 Å². The van der Waals surface area contributed by atoms with Crippen LogP contribution in [0.4, 0.5) is 4.79 Å². The predicted molar refractivity (Wildman–Crippen MR) is 42.8 cm³/mol. The molecule has 0 aliphatic heterocycles. The van der Waals surface area contributed by atoms with E-state index in [1.54, 1.807) is 0 Å². The Morgan fingerprint density at radius 3 is 2.31 bits per heavy atom. The van der Waals surface area contributed by atoms with Gasteiger partial charge in [-0.1, -0.05) is 0 Å². The van der Waals surface area contributed by atoms with Gasteiger partial charge in [-0.15, -0.1) is 0 Å². The van der Waals surface area contributed by atoms with Gasteiger partial charge in [-0.3, -0.25) is 4.79 Å². The molecule has 1 atom stereocenters. The number of hydrogen-bond donors (Lipinski definition) is 4. The van der Waals surface area contributed by atoms with Crippen LogP contribution < -0.4 is 16.4 Å². The third-order valence-electron chi connectivity index (χ3n) is 1.28. The van der Waals surface area contributed by atoms with Crippen molar-refractivity contribution >= 4 is 17.9 Å². The highest BCUT2D eigenvalue weighted by Crippen LogP contribution is 1.91. The molecule has 0 saturated carbocycles. The Labute approximate surface area is 74.3 Å². The average molecular weight is 189 g/mol. The molecule has 74 valence electrons. The number of amides is 3. The SMILES string of the molecule is CNC(=O)CC(NC(N)=O)C(=O)O. The number of aliphatic carboxylic acids is 1. The Morgan fingerprint density at radius 2 is 2.00 bits per heavy atom. The Morgan fingerprint density at radius 1 is 1.46 bits per heavy atom. The van der Waals surface area contributed by atoms with Crippen molar-refractivity contribution in [1.82, 2.24) is 10.6 Å². The second kappa shape index (κ2) is 4.96. The molecule has 5 N–H and O–H groups in total. The standard InChI is InChI=1S/C6H11N3O4/c1-8-4(10)2-3(5(11)12)9-6(7)13/h3H,2H2,1H3,(H,8,10)(H,11,12)(H3,7,9,13). The van der Waals surface area contributed by atoms with Gasteiger partial charge in [0, 0.05) is 7.05 Å². The van der Waals surface area contributed by atoms with Crippen molar-refractivity contribution in [1.29, 1.82) is 0 Å². The predicted octanol–water partition coefficient (Wildman–Crippen LogP) is -1.76. The summed E-state index contributed by atoms with van der Waals surface area (Å²) in [6.45, 7) is 0. The number of rotatable bonds is 4. The fourth-order valence-corrected chi connectivity index (χ4v) is 0.659. The number of carbonyl (C=O) groups is 3. The Balaban J connectivity index is 4.18. The molecular formula is C6H11N3O4. The van der Waals surface area contributed by atoms with Gasteiger partial charge < -0.3 is 21.5 Å². The molecule has 0 aromatic carbocycles. The molecule has 0 aliphatic rings. The van der Waals surface area contributed by atoms with Crippen LogP contribution in [-0.2, 0) is 9.59 Å². The Hall–Kier alpha value is -1.79. The van der Waals surface area contributed by atoms with Crippen LogP contribution in [0.2, 0.25) is 0 Å². The molecule has 7 heteroatoms. The molecule has 0 rings (SSSR count). The van der Waals surface area contributed by atoms with E-state index >= 15 is 0 Å². The minimum absolute atomic E-state index is 0.339. The minimum atomic E-state index is -1.30. The largest absolute Gasteiger partial charge is 0.480 e. The van der Waals surface area contributed by atoms with Gasteiger partial charge in [0.05, 0.1) is 6.42 Å². The molecule has 0 saturated heterocycles. The van der Waals surface area contributed by atoms with Gasteiger partial charge in [-0.05, 0) is 0 Å². The summed E-state index contributed by atoms with van der Waals surface area (Å²) in [5.74, 6) is -1.79. The van der Waals surface area contributed by atoms with Crippen molar-refractivity contribution < 1.29 is 19.5 Å². The highest BCUT2D eigenvalue weighted by molar-refractivity contribution is 5.87. The zero-order valence-electron chi connectivity index (χ0n) is 7.03. The third-order valence-corrected chi connectivity index (χ3v) is 1.28. The lowest BCUT2D eigenvalue weighted by atomic mass is 10.2. The van der Waals surface area contributed by atoms with Gasteiger partial charge in [0.15, 0.2) is 0 Å². The Bertz CT molecular complexity index is 228. The van der Waals surface area contributed by atoms with Gasteiger partial charge >= 0.3 is 12.0 Å². The highest BCUT2D eigenvalue weighted by Gasteiger charge is 2.21. The molecular weight excluding hydrogens is 178 g/mol. The van der Waals surface area contributed by atoms with Crippen LogP contribution >= 0.6 is 0 Å². The van der Waals surface area contributed by atoms with E-state index in [2.05, 4.69) is 5.32 Å². The van der Waals surface area contributed by atoms with Crippen molar-refractivity contribution in [3.8, 4) is 0 Å².